The molecule has 0 unspecified atom stereocenters. The van der Waals surface area contributed by atoms with Crippen molar-refractivity contribution in [3.8, 4) is 0 Å². The average Bonchev–Trinajstić information content (AvgIpc) is 2.94. The van der Waals surface area contributed by atoms with Gasteiger partial charge < -0.3 is 11.1 Å². The van der Waals surface area contributed by atoms with Gasteiger partial charge in [-0.3, -0.25) is 0 Å². The smallest absolute Gasteiger partial charge is 0.241 e. The lowest BCUT2D eigenvalue weighted by Gasteiger charge is -2.31. The van der Waals surface area contributed by atoms with Gasteiger partial charge >= 0.3 is 0 Å². The molecule has 0 fully saturated rings. The fourth-order valence-electron chi connectivity index (χ4n) is 3.10. The minimum atomic E-state index is -0.256. The number of nitrogens with two attached hydrogens (primary N) is 1. The van der Waals surface area contributed by atoms with Gasteiger partial charge in [-0.2, -0.15) is 4.98 Å². The lowest BCUT2D eigenvalue weighted by atomic mass is 9.93. The molecule has 1 aliphatic heterocycles. The zero-order chi connectivity index (χ0) is 16.7. The summed E-state index contributed by atoms with van der Waals surface area (Å²) < 4.78 is 15.0. The Bertz CT molecular complexity index is 877. The molecule has 0 radical (unpaired) electrons. The summed E-state index contributed by atoms with van der Waals surface area (Å²) in [4.78, 5) is 4.25. The van der Waals surface area contributed by atoms with Crippen LogP contribution in [0.2, 0.25) is 5.02 Å². The monoisotopic (exact) mass is 343 g/mol. The Kier molecular flexibility index (Phi) is 3.61. The van der Waals surface area contributed by atoms with E-state index in [1.165, 1.54) is 12.1 Å². The molecule has 24 heavy (non-hydrogen) atoms. The molecular formula is C17H15ClFN5. The topological polar surface area (TPSA) is 68.8 Å². The van der Waals surface area contributed by atoms with E-state index in [1.807, 2.05) is 24.3 Å². The first kappa shape index (κ1) is 15.0. The highest BCUT2D eigenvalue weighted by Crippen LogP contribution is 2.38. The van der Waals surface area contributed by atoms with Crippen LogP contribution in [0.1, 0.15) is 29.6 Å². The summed E-state index contributed by atoms with van der Waals surface area (Å²) in [5.74, 6) is 0.552. The standard InChI is InChI=1S/C17H15ClFN5/c18-12-3-1-2-11(8-12)15-9-14(10-4-6-13(19)7-5-10)21-17-22-16(20)23-24(15)17/h1-8,14-15H,9H2,(H3,20,21,22,23)/t14-,15+/m0/s1. The number of hydrogen-bond donors (Lipinski definition) is 2. The highest BCUT2D eigenvalue weighted by atomic mass is 35.5. The van der Waals surface area contributed by atoms with Gasteiger partial charge in [0.2, 0.25) is 11.9 Å². The van der Waals surface area contributed by atoms with Crippen molar-refractivity contribution in [1.82, 2.24) is 14.8 Å². The molecule has 0 aliphatic carbocycles. The van der Waals surface area contributed by atoms with Gasteiger partial charge in [0.25, 0.3) is 0 Å². The van der Waals surface area contributed by atoms with Gasteiger partial charge in [-0.25, -0.2) is 9.07 Å². The second-order valence-corrected chi connectivity index (χ2v) is 6.23. The van der Waals surface area contributed by atoms with E-state index in [0.29, 0.717) is 11.0 Å². The van der Waals surface area contributed by atoms with E-state index in [-0.39, 0.29) is 23.8 Å². The molecule has 0 saturated heterocycles. The summed E-state index contributed by atoms with van der Waals surface area (Å²) in [5, 5.41) is 8.29. The first-order valence-corrected chi connectivity index (χ1v) is 7.97. The van der Waals surface area contributed by atoms with Crippen LogP contribution in [-0.4, -0.2) is 14.8 Å². The number of nitrogens with zero attached hydrogens (tertiary/aromatic N) is 3. The molecule has 5 nitrogen and oxygen atoms in total. The van der Waals surface area contributed by atoms with Crippen LogP contribution >= 0.6 is 11.6 Å². The van der Waals surface area contributed by atoms with Gasteiger partial charge in [-0.05, 0) is 41.8 Å². The molecular weight excluding hydrogens is 329 g/mol. The summed E-state index contributed by atoms with van der Waals surface area (Å²) in [6.07, 6.45) is 0.724. The SMILES string of the molecule is Nc1nc2n(n1)[C@@H](c1cccc(Cl)c1)C[C@@H](c1ccc(F)cc1)N2. The zero-order valence-corrected chi connectivity index (χ0v) is 13.4. The number of fused-ring (bicyclic) bond motifs is 1. The highest BCUT2D eigenvalue weighted by Gasteiger charge is 2.30. The maximum atomic E-state index is 13.2. The number of halogens is 2. The third-order valence-corrected chi connectivity index (χ3v) is 4.45. The predicted octanol–water partition coefficient (Wildman–Crippen LogP) is 3.80. The molecule has 1 aliphatic rings. The Morgan fingerprint density at radius 2 is 1.96 bits per heavy atom. The van der Waals surface area contributed by atoms with Crippen LogP contribution in [0.15, 0.2) is 48.5 Å². The molecule has 2 heterocycles. The van der Waals surface area contributed by atoms with Gasteiger partial charge in [-0.1, -0.05) is 35.9 Å². The molecule has 122 valence electrons. The number of hydrogen-bond acceptors (Lipinski definition) is 4. The second kappa shape index (κ2) is 5.79. The predicted molar refractivity (Wildman–Crippen MR) is 91.4 cm³/mol. The van der Waals surface area contributed by atoms with Crippen LogP contribution in [0.25, 0.3) is 0 Å². The van der Waals surface area contributed by atoms with Gasteiger partial charge in [-0.15, -0.1) is 5.10 Å². The number of nitrogens with one attached hydrogen (secondary N) is 1. The van der Waals surface area contributed by atoms with Crippen LogP contribution in [0.3, 0.4) is 0 Å². The molecule has 0 bridgehead atoms. The summed E-state index contributed by atoms with van der Waals surface area (Å²) >= 11 is 6.14. The van der Waals surface area contributed by atoms with E-state index in [9.17, 15) is 4.39 Å². The number of rotatable bonds is 2. The van der Waals surface area contributed by atoms with Crippen LogP contribution in [0, 0.1) is 5.82 Å². The molecule has 1 aromatic heterocycles. The van der Waals surface area contributed by atoms with Crippen molar-refractivity contribution in [3.05, 3.63) is 70.5 Å². The third kappa shape index (κ3) is 2.69. The number of aromatic nitrogens is 3. The molecule has 0 amide bonds. The molecule has 3 N–H and O–H groups in total. The highest BCUT2D eigenvalue weighted by molar-refractivity contribution is 6.30. The van der Waals surface area contributed by atoms with E-state index >= 15 is 0 Å². The second-order valence-electron chi connectivity index (χ2n) is 5.79. The molecule has 2 aromatic carbocycles. The van der Waals surface area contributed by atoms with Gasteiger partial charge in [0.1, 0.15) is 5.82 Å². The van der Waals surface area contributed by atoms with Crippen molar-refractivity contribution in [3.63, 3.8) is 0 Å². The zero-order valence-electron chi connectivity index (χ0n) is 12.7. The van der Waals surface area contributed by atoms with Crippen LogP contribution < -0.4 is 11.1 Å². The summed E-state index contributed by atoms with van der Waals surface area (Å²) in [7, 11) is 0. The number of anilines is 2. The lowest BCUT2D eigenvalue weighted by molar-refractivity contribution is 0.431. The Hall–Kier alpha value is -2.60. The van der Waals surface area contributed by atoms with Crippen molar-refractivity contribution in [2.75, 3.05) is 11.1 Å². The first-order chi connectivity index (χ1) is 11.6. The molecule has 0 saturated carbocycles. The Balaban J connectivity index is 1.76. The summed E-state index contributed by atoms with van der Waals surface area (Å²) in [6, 6.07) is 14.1. The van der Waals surface area contributed by atoms with E-state index in [4.69, 9.17) is 17.3 Å². The van der Waals surface area contributed by atoms with Crippen LogP contribution in [0.5, 0.6) is 0 Å². The van der Waals surface area contributed by atoms with Crippen molar-refractivity contribution >= 4 is 23.5 Å². The quantitative estimate of drug-likeness (QED) is 0.742. The maximum Gasteiger partial charge on any atom is 0.241 e. The normalized spacial score (nSPS) is 19.6. The Morgan fingerprint density at radius 3 is 2.71 bits per heavy atom. The number of nitrogen functional groups attached to an aromatic ring is 1. The maximum absolute atomic E-state index is 13.2. The van der Waals surface area contributed by atoms with Gasteiger partial charge in [0, 0.05) is 5.02 Å². The van der Waals surface area contributed by atoms with Crippen molar-refractivity contribution < 1.29 is 4.39 Å². The Labute approximate surface area is 143 Å². The number of benzene rings is 2. The van der Waals surface area contributed by atoms with Crippen molar-refractivity contribution in [2.24, 2.45) is 0 Å². The lowest BCUT2D eigenvalue weighted by Crippen LogP contribution is -2.28. The summed E-state index contributed by atoms with van der Waals surface area (Å²) in [6.45, 7) is 0. The molecule has 2 atom stereocenters. The first-order valence-electron chi connectivity index (χ1n) is 7.59. The van der Waals surface area contributed by atoms with E-state index in [0.717, 1.165) is 17.5 Å². The van der Waals surface area contributed by atoms with E-state index < -0.39 is 0 Å². The Morgan fingerprint density at radius 1 is 1.17 bits per heavy atom. The van der Waals surface area contributed by atoms with Gasteiger partial charge in [0.05, 0.1) is 12.1 Å². The third-order valence-electron chi connectivity index (χ3n) is 4.21. The van der Waals surface area contributed by atoms with Crippen LogP contribution in [-0.2, 0) is 0 Å². The van der Waals surface area contributed by atoms with Crippen molar-refractivity contribution in [1.29, 1.82) is 0 Å². The average molecular weight is 344 g/mol. The molecule has 4 rings (SSSR count). The molecule has 7 heteroatoms. The summed E-state index contributed by atoms with van der Waals surface area (Å²) in [5.41, 5.74) is 7.79. The fourth-order valence-corrected chi connectivity index (χ4v) is 3.30. The fraction of sp³-hybridized carbons (Fsp3) is 0.176. The largest absolute Gasteiger partial charge is 0.366 e. The molecule has 3 aromatic rings. The van der Waals surface area contributed by atoms with E-state index in [1.54, 1.807) is 16.8 Å². The van der Waals surface area contributed by atoms with Crippen LogP contribution in [0.4, 0.5) is 16.3 Å². The van der Waals surface area contributed by atoms with Gasteiger partial charge in [0.15, 0.2) is 0 Å². The van der Waals surface area contributed by atoms with E-state index in [2.05, 4.69) is 15.4 Å². The molecule has 0 spiro atoms. The van der Waals surface area contributed by atoms with Crippen molar-refractivity contribution in [2.45, 2.75) is 18.5 Å². The minimum Gasteiger partial charge on any atom is -0.366 e. The minimum absolute atomic E-state index is 0.0225.